The molecule has 1 aromatic rings. The van der Waals surface area contributed by atoms with E-state index in [9.17, 15) is 4.79 Å². The van der Waals surface area contributed by atoms with Gasteiger partial charge in [0.05, 0.1) is 12.9 Å². The summed E-state index contributed by atoms with van der Waals surface area (Å²) in [5, 5.41) is 0. The van der Waals surface area contributed by atoms with Gasteiger partial charge in [0.15, 0.2) is 5.76 Å². The Morgan fingerprint density at radius 3 is 2.74 bits per heavy atom. The summed E-state index contributed by atoms with van der Waals surface area (Å²) in [6.07, 6.45) is 4.89. The largest absolute Gasteiger partial charge is 0.459 e. The molecule has 0 bridgehead atoms. The maximum absolute atomic E-state index is 12.4. The molecule has 0 N–H and O–H groups in total. The number of carbonyl (C=O) groups excluding carboxylic acids is 1. The van der Waals surface area contributed by atoms with Crippen LogP contribution in [0.4, 0.5) is 0 Å². The molecule has 0 unspecified atom stereocenters. The van der Waals surface area contributed by atoms with Crippen LogP contribution >= 0.6 is 0 Å². The maximum Gasteiger partial charge on any atom is 0.289 e. The smallest absolute Gasteiger partial charge is 0.289 e. The zero-order chi connectivity index (χ0) is 16.4. The van der Waals surface area contributed by atoms with Crippen LogP contribution < -0.4 is 0 Å². The standard InChI is InChI=1S/C18H28N2O3/c1-14(2)20-13-18(11-15(20)12-22-3)6-8-19(9-7-18)17(21)16-5-4-10-23-16/h4-5,10,14-15H,6-9,11-13H2,1-3H3/t15-/m1/s1. The monoisotopic (exact) mass is 320 g/mol. The molecule has 5 heteroatoms. The first kappa shape index (κ1) is 16.5. The number of nitrogens with zero attached hydrogens (tertiary/aromatic N) is 2. The number of hydrogen-bond acceptors (Lipinski definition) is 4. The van der Waals surface area contributed by atoms with Crippen molar-refractivity contribution in [2.75, 3.05) is 33.4 Å². The zero-order valence-corrected chi connectivity index (χ0v) is 14.5. The summed E-state index contributed by atoms with van der Waals surface area (Å²) < 4.78 is 10.7. The van der Waals surface area contributed by atoms with Crippen molar-refractivity contribution in [3.63, 3.8) is 0 Å². The molecule has 1 spiro atoms. The Bertz CT molecular complexity index is 518. The molecule has 0 aromatic carbocycles. The Kier molecular flexibility index (Phi) is 4.78. The third-order valence-electron chi connectivity index (χ3n) is 5.52. The molecule has 1 atom stereocenters. The number of rotatable bonds is 4. The van der Waals surface area contributed by atoms with Crippen LogP contribution in [0, 0.1) is 5.41 Å². The van der Waals surface area contributed by atoms with Gasteiger partial charge in [-0.15, -0.1) is 0 Å². The molecular weight excluding hydrogens is 292 g/mol. The summed E-state index contributed by atoms with van der Waals surface area (Å²) in [6, 6.07) is 4.56. The number of likely N-dealkylation sites (tertiary alicyclic amines) is 2. The summed E-state index contributed by atoms with van der Waals surface area (Å²) in [4.78, 5) is 16.9. The molecule has 23 heavy (non-hydrogen) atoms. The molecule has 0 radical (unpaired) electrons. The van der Waals surface area contributed by atoms with Gasteiger partial charge in [-0.2, -0.15) is 0 Å². The van der Waals surface area contributed by atoms with Gasteiger partial charge in [-0.05, 0) is 50.7 Å². The topological polar surface area (TPSA) is 45.9 Å². The van der Waals surface area contributed by atoms with Crippen LogP contribution in [0.3, 0.4) is 0 Å². The van der Waals surface area contributed by atoms with Gasteiger partial charge < -0.3 is 14.1 Å². The fourth-order valence-electron chi connectivity index (χ4n) is 4.25. The average Bonchev–Trinajstić information content (AvgIpc) is 3.17. The van der Waals surface area contributed by atoms with Gasteiger partial charge in [0.1, 0.15) is 0 Å². The van der Waals surface area contributed by atoms with Gasteiger partial charge in [0, 0.05) is 38.8 Å². The van der Waals surface area contributed by atoms with E-state index in [2.05, 4.69) is 18.7 Å². The number of hydrogen-bond donors (Lipinski definition) is 0. The van der Waals surface area contributed by atoms with Crippen LogP contribution in [-0.4, -0.2) is 61.1 Å². The molecule has 5 nitrogen and oxygen atoms in total. The molecule has 2 saturated heterocycles. The highest BCUT2D eigenvalue weighted by atomic mass is 16.5. The van der Waals surface area contributed by atoms with E-state index in [1.54, 1.807) is 25.5 Å². The summed E-state index contributed by atoms with van der Waals surface area (Å²) in [5.74, 6) is 0.477. The van der Waals surface area contributed by atoms with Gasteiger partial charge in [-0.1, -0.05) is 0 Å². The van der Waals surface area contributed by atoms with E-state index in [-0.39, 0.29) is 5.91 Å². The van der Waals surface area contributed by atoms with Gasteiger partial charge >= 0.3 is 0 Å². The van der Waals surface area contributed by atoms with Crippen LogP contribution in [0.5, 0.6) is 0 Å². The maximum atomic E-state index is 12.4. The lowest BCUT2D eigenvalue weighted by atomic mass is 9.76. The van der Waals surface area contributed by atoms with Crippen LogP contribution in [0.25, 0.3) is 0 Å². The predicted molar refractivity (Wildman–Crippen MR) is 88.4 cm³/mol. The van der Waals surface area contributed by atoms with Gasteiger partial charge in [0.25, 0.3) is 5.91 Å². The van der Waals surface area contributed by atoms with Crippen molar-refractivity contribution in [3.05, 3.63) is 24.2 Å². The quantitative estimate of drug-likeness (QED) is 0.855. The lowest BCUT2D eigenvalue weighted by molar-refractivity contribution is 0.0552. The van der Waals surface area contributed by atoms with Crippen molar-refractivity contribution < 1.29 is 13.9 Å². The van der Waals surface area contributed by atoms with E-state index in [1.807, 2.05) is 4.90 Å². The summed E-state index contributed by atoms with van der Waals surface area (Å²) >= 11 is 0. The first-order valence-corrected chi connectivity index (χ1v) is 8.62. The second-order valence-corrected chi connectivity index (χ2v) is 7.35. The minimum atomic E-state index is 0.0250. The first-order chi connectivity index (χ1) is 11.0. The third kappa shape index (κ3) is 3.31. The van der Waals surface area contributed by atoms with E-state index >= 15 is 0 Å². The van der Waals surface area contributed by atoms with Crippen molar-refractivity contribution in [3.8, 4) is 0 Å². The zero-order valence-electron chi connectivity index (χ0n) is 14.5. The number of furan rings is 1. The Hall–Kier alpha value is -1.33. The van der Waals surface area contributed by atoms with E-state index in [1.165, 1.54) is 6.42 Å². The van der Waals surface area contributed by atoms with E-state index < -0.39 is 0 Å². The van der Waals surface area contributed by atoms with Gasteiger partial charge in [-0.25, -0.2) is 0 Å². The highest BCUT2D eigenvalue weighted by Gasteiger charge is 2.46. The highest BCUT2D eigenvalue weighted by Crippen LogP contribution is 2.44. The SMILES string of the molecule is COC[C@H]1CC2(CCN(C(=O)c3ccco3)CC2)CN1C(C)C. The Balaban J connectivity index is 1.63. The lowest BCUT2D eigenvalue weighted by Gasteiger charge is -2.39. The number of amides is 1. The third-order valence-corrected chi connectivity index (χ3v) is 5.52. The van der Waals surface area contributed by atoms with Crippen molar-refractivity contribution >= 4 is 5.91 Å². The molecule has 2 aliphatic heterocycles. The summed E-state index contributed by atoms with van der Waals surface area (Å²) in [5.41, 5.74) is 0.341. The fraction of sp³-hybridized carbons (Fsp3) is 0.722. The summed E-state index contributed by atoms with van der Waals surface area (Å²) in [7, 11) is 1.79. The fourth-order valence-corrected chi connectivity index (χ4v) is 4.25. The molecule has 128 valence electrons. The van der Waals surface area contributed by atoms with Crippen molar-refractivity contribution in [2.45, 2.75) is 45.2 Å². The van der Waals surface area contributed by atoms with E-state index in [0.717, 1.165) is 39.1 Å². The first-order valence-electron chi connectivity index (χ1n) is 8.62. The Morgan fingerprint density at radius 2 is 2.17 bits per heavy atom. The number of carbonyl (C=O) groups is 1. The van der Waals surface area contributed by atoms with E-state index in [4.69, 9.17) is 9.15 Å². The second kappa shape index (κ2) is 6.65. The Morgan fingerprint density at radius 1 is 1.43 bits per heavy atom. The molecule has 1 aromatic heterocycles. The molecule has 3 rings (SSSR count). The number of ether oxygens (including phenoxy) is 1. The molecule has 0 aliphatic carbocycles. The average molecular weight is 320 g/mol. The number of piperidine rings is 1. The van der Waals surface area contributed by atoms with Crippen molar-refractivity contribution in [1.82, 2.24) is 9.80 Å². The number of methoxy groups -OCH3 is 1. The van der Waals surface area contributed by atoms with E-state index in [0.29, 0.717) is 23.3 Å². The lowest BCUT2D eigenvalue weighted by Crippen LogP contribution is -2.44. The van der Waals surface area contributed by atoms with Gasteiger partial charge in [-0.3, -0.25) is 9.69 Å². The van der Waals surface area contributed by atoms with Crippen molar-refractivity contribution in [2.24, 2.45) is 5.41 Å². The van der Waals surface area contributed by atoms with Crippen LogP contribution in [-0.2, 0) is 4.74 Å². The second-order valence-electron chi connectivity index (χ2n) is 7.35. The highest BCUT2D eigenvalue weighted by molar-refractivity contribution is 5.91. The minimum absolute atomic E-state index is 0.0250. The molecule has 3 heterocycles. The van der Waals surface area contributed by atoms with Crippen LogP contribution in [0.1, 0.15) is 43.7 Å². The van der Waals surface area contributed by atoms with Crippen molar-refractivity contribution in [1.29, 1.82) is 0 Å². The minimum Gasteiger partial charge on any atom is -0.459 e. The molecular formula is C18H28N2O3. The predicted octanol–water partition coefficient (Wildman–Crippen LogP) is 2.63. The molecule has 2 aliphatic rings. The molecule has 1 amide bonds. The molecule has 2 fully saturated rings. The summed E-state index contributed by atoms with van der Waals surface area (Å²) in [6.45, 7) is 8.10. The normalized spacial score (nSPS) is 24.7. The Labute approximate surface area is 138 Å². The van der Waals surface area contributed by atoms with Crippen LogP contribution in [0.15, 0.2) is 22.8 Å². The molecule has 0 saturated carbocycles. The van der Waals surface area contributed by atoms with Gasteiger partial charge in [0.2, 0.25) is 0 Å². The van der Waals surface area contributed by atoms with Crippen LogP contribution in [0.2, 0.25) is 0 Å².